The van der Waals surface area contributed by atoms with Gasteiger partial charge in [-0.05, 0) is 38.8 Å². The Balaban J connectivity index is 1.98. The van der Waals surface area contributed by atoms with Gasteiger partial charge in [0.2, 0.25) is 11.9 Å². The highest BCUT2D eigenvalue weighted by atomic mass is 32.2. The molecule has 0 unspecified atom stereocenters. The number of para-hydroxylation sites is 1. The first-order chi connectivity index (χ1) is 13.5. The van der Waals surface area contributed by atoms with Gasteiger partial charge in [0.1, 0.15) is 0 Å². The summed E-state index contributed by atoms with van der Waals surface area (Å²) in [6.07, 6.45) is 0.907. The minimum absolute atomic E-state index is 0.00579. The Morgan fingerprint density at radius 2 is 1.93 bits per heavy atom. The van der Waals surface area contributed by atoms with Crippen LogP contribution < -0.4 is 10.2 Å². The number of amides is 1. The van der Waals surface area contributed by atoms with Crippen molar-refractivity contribution in [3.63, 3.8) is 0 Å². The van der Waals surface area contributed by atoms with Crippen LogP contribution in [0.4, 0.5) is 5.95 Å². The molecule has 1 saturated heterocycles. The van der Waals surface area contributed by atoms with Gasteiger partial charge in [-0.1, -0.05) is 36.9 Å². The van der Waals surface area contributed by atoms with Crippen LogP contribution in [0, 0.1) is 0 Å². The maximum absolute atomic E-state index is 12.4. The zero-order chi connectivity index (χ0) is 20.1. The van der Waals surface area contributed by atoms with Crippen LogP contribution in [0.15, 0.2) is 29.4 Å². The Labute approximate surface area is 170 Å². The molecule has 0 radical (unpaired) electrons. The van der Waals surface area contributed by atoms with Crippen molar-refractivity contribution >= 4 is 23.6 Å². The SMILES string of the molecule is CCc1ccccc1-n1c(S[C@@H](C)C(=O)NC(C)C)nnc1N1CCOCC1. The highest BCUT2D eigenvalue weighted by Crippen LogP contribution is 2.31. The van der Waals surface area contributed by atoms with E-state index in [2.05, 4.69) is 44.0 Å². The minimum Gasteiger partial charge on any atom is -0.378 e. The van der Waals surface area contributed by atoms with Crippen molar-refractivity contribution in [1.29, 1.82) is 0 Å². The fourth-order valence-corrected chi connectivity index (χ4v) is 4.02. The molecule has 28 heavy (non-hydrogen) atoms. The number of nitrogens with zero attached hydrogens (tertiary/aromatic N) is 4. The molecular formula is C20H29N5O2S. The number of carbonyl (C=O) groups is 1. The first kappa shape index (κ1) is 20.7. The predicted octanol–water partition coefficient (Wildman–Crippen LogP) is 2.67. The van der Waals surface area contributed by atoms with Crippen molar-refractivity contribution in [2.75, 3.05) is 31.2 Å². The number of carbonyl (C=O) groups excluding carboxylic acids is 1. The summed E-state index contributed by atoms with van der Waals surface area (Å²) in [4.78, 5) is 14.6. The fourth-order valence-electron chi connectivity index (χ4n) is 3.16. The number of thioether (sulfide) groups is 1. The number of morpholine rings is 1. The molecule has 0 saturated carbocycles. The van der Waals surface area contributed by atoms with Crippen LogP contribution >= 0.6 is 11.8 Å². The Morgan fingerprint density at radius 3 is 2.61 bits per heavy atom. The van der Waals surface area contributed by atoms with Gasteiger partial charge >= 0.3 is 0 Å². The van der Waals surface area contributed by atoms with Gasteiger partial charge in [-0.2, -0.15) is 0 Å². The highest BCUT2D eigenvalue weighted by molar-refractivity contribution is 8.00. The molecule has 152 valence electrons. The largest absolute Gasteiger partial charge is 0.378 e. The van der Waals surface area contributed by atoms with Crippen molar-refractivity contribution in [3.8, 4) is 5.69 Å². The number of rotatable bonds is 7. The smallest absolute Gasteiger partial charge is 0.233 e. The van der Waals surface area contributed by atoms with Gasteiger partial charge in [-0.3, -0.25) is 9.36 Å². The van der Waals surface area contributed by atoms with Crippen molar-refractivity contribution in [1.82, 2.24) is 20.1 Å². The van der Waals surface area contributed by atoms with E-state index in [0.717, 1.165) is 36.3 Å². The van der Waals surface area contributed by atoms with E-state index in [1.54, 1.807) is 0 Å². The van der Waals surface area contributed by atoms with E-state index in [4.69, 9.17) is 4.74 Å². The number of benzene rings is 1. The van der Waals surface area contributed by atoms with E-state index in [1.807, 2.05) is 32.9 Å². The van der Waals surface area contributed by atoms with Crippen LogP contribution in [-0.4, -0.2) is 58.3 Å². The molecule has 1 aromatic heterocycles. The fraction of sp³-hybridized carbons (Fsp3) is 0.550. The molecule has 1 N–H and O–H groups in total. The van der Waals surface area contributed by atoms with Gasteiger partial charge in [0.05, 0.1) is 24.2 Å². The average molecular weight is 404 g/mol. The van der Waals surface area contributed by atoms with E-state index in [-0.39, 0.29) is 17.2 Å². The maximum Gasteiger partial charge on any atom is 0.233 e. The number of hydrogen-bond acceptors (Lipinski definition) is 6. The van der Waals surface area contributed by atoms with E-state index < -0.39 is 0 Å². The molecule has 0 bridgehead atoms. The second-order valence-electron chi connectivity index (χ2n) is 7.12. The summed E-state index contributed by atoms with van der Waals surface area (Å²) in [5.41, 5.74) is 2.29. The summed E-state index contributed by atoms with van der Waals surface area (Å²) in [6, 6.07) is 8.41. The third kappa shape index (κ3) is 4.67. The molecular weight excluding hydrogens is 374 g/mol. The van der Waals surface area contributed by atoms with Crippen molar-refractivity contribution < 1.29 is 9.53 Å². The predicted molar refractivity (Wildman–Crippen MR) is 112 cm³/mol. The summed E-state index contributed by atoms with van der Waals surface area (Å²) in [6.45, 7) is 10.9. The zero-order valence-electron chi connectivity index (χ0n) is 17.0. The summed E-state index contributed by atoms with van der Waals surface area (Å²) in [5, 5.41) is 12.4. The topological polar surface area (TPSA) is 72.3 Å². The number of anilines is 1. The van der Waals surface area contributed by atoms with Crippen LogP contribution in [0.2, 0.25) is 0 Å². The first-order valence-electron chi connectivity index (χ1n) is 9.84. The molecule has 1 fully saturated rings. The second kappa shape index (κ2) is 9.43. The van der Waals surface area contributed by atoms with Crippen LogP contribution in [0.5, 0.6) is 0 Å². The van der Waals surface area contributed by atoms with E-state index in [1.165, 1.54) is 17.3 Å². The molecule has 0 spiro atoms. The van der Waals surface area contributed by atoms with Gasteiger partial charge in [-0.15, -0.1) is 10.2 Å². The quantitative estimate of drug-likeness (QED) is 0.717. The van der Waals surface area contributed by atoms with Gasteiger partial charge in [0, 0.05) is 19.1 Å². The highest BCUT2D eigenvalue weighted by Gasteiger charge is 2.25. The molecule has 2 aromatic rings. The van der Waals surface area contributed by atoms with Crippen LogP contribution in [0.1, 0.15) is 33.3 Å². The number of hydrogen-bond donors (Lipinski definition) is 1. The third-order valence-electron chi connectivity index (χ3n) is 4.61. The summed E-state index contributed by atoms with van der Waals surface area (Å²) in [7, 11) is 0. The Hall–Kier alpha value is -2.06. The maximum atomic E-state index is 12.4. The summed E-state index contributed by atoms with van der Waals surface area (Å²) >= 11 is 1.44. The number of ether oxygens (including phenoxy) is 1. The van der Waals surface area contributed by atoms with Crippen LogP contribution in [-0.2, 0) is 16.0 Å². The summed E-state index contributed by atoms with van der Waals surface area (Å²) < 4.78 is 7.59. The lowest BCUT2D eigenvalue weighted by atomic mass is 10.1. The van der Waals surface area contributed by atoms with Gasteiger partial charge in [0.25, 0.3) is 0 Å². The van der Waals surface area contributed by atoms with Gasteiger partial charge in [-0.25, -0.2) is 0 Å². The van der Waals surface area contributed by atoms with Gasteiger partial charge < -0.3 is 15.0 Å². The molecule has 1 amide bonds. The Morgan fingerprint density at radius 1 is 1.21 bits per heavy atom. The number of aromatic nitrogens is 3. The van der Waals surface area contributed by atoms with Crippen molar-refractivity contribution in [3.05, 3.63) is 29.8 Å². The van der Waals surface area contributed by atoms with Gasteiger partial charge in [0.15, 0.2) is 5.16 Å². The lowest BCUT2D eigenvalue weighted by Crippen LogP contribution is -2.38. The average Bonchev–Trinajstić information content (AvgIpc) is 3.11. The van der Waals surface area contributed by atoms with E-state index >= 15 is 0 Å². The van der Waals surface area contributed by atoms with E-state index in [9.17, 15) is 4.79 Å². The van der Waals surface area contributed by atoms with Crippen LogP contribution in [0.3, 0.4) is 0 Å². The standard InChI is InChI=1S/C20H29N5O2S/c1-5-16-8-6-7-9-17(16)25-19(24-10-12-27-13-11-24)22-23-20(25)28-15(4)18(26)21-14(2)3/h6-9,14-15H,5,10-13H2,1-4H3,(H,21,26)/t15-/m0/s1. The summed E-state index contributed by atoms with van der Waals surface area (Å²) in [5.74, 6) is 0.814. The molecule has 1 aromatic carbocycles. The molecule has 1 aliphatic rings. The Kier molecular flexibility index (Phi) is 6.96. The molecule has 2 heterocycles. The number of nitrogens with one attached hydrogen (secondary N) is 1. The zero-order valence-corrected chi connectivity index (χ0v) is 17.8. The molecule has 0 aliphatic carbocycles. The van der Waals surface area contributed by atoms with E-state index in [0.29, 0.717) is 13.2 Å². The molecule has 1 aliphatic heterocycles. The third-order valence-corrected chi connectivity index (χ3v) is 5.65. The first-order valence-corrected chi connectivity index (χ1v) is 10.7. The second-order valence-corrected chi connectivity index (χ2v) is 8.43. The molecule has 8 heteroatoms. The molecule has 7 nitrogen and oxygen atoms in total. The van der Waals surface area contributed by atoms with Crippen molar-refractivity contribution in [2.24, 2.45) is 0 Å². The minimum atomic E-state index is -0.267. The lowest BCUT2D eigenvalue weighted by Gasteiger charge is -2.28. The van der Waals surface area contributed by atoms with Crippen LogP contribution in [0.25, 0.3) is 5.69 Å². The monoisotopic (exact) mass is 403 g/mol. The van der Waals surface area contributed by atoms with Crippen molar-refractivity contribution in [2.45, 2.75) is 50.6 Å². The molecule has 1 atom stereocenters. The lowest BCUT2D eigenvalue weighted by molar-refractivity contribution is -0.120. The number of aryl methyl sites for hydroxylation is 1. The molecule has 3 rings (SSSR count). The Bertz CT molecular complexity index is 802. The normalized spacial score (nSPS) is 15.7.